The fourth-order valence-corrected chi connectivity index (χ4v) is 1.60. The van der Waals surface area contributed by atoms with Crippen LogP contribution in [0.4, 0.5) is 13.2 Å². The van der Waals surface area contributed by atoms with Gasteiger partial charge in [-0.25, -0.2) is 8.42 Å². The van der Waals surface area contributed by atoms with Gasteiger partial charge in [0.05, 0.1) is 0 Å². The minimum atomic E-state index is -5.28. The van der Waals surface area contributed by atoms with Crippen LogP contribution in [-0.2, 0) is 10.0 Å². The summed E-state index contributed by atoms with van der Waals surface area (Å²) in [4.78, 5) is 0. The zero-order chi connectivity index (χ0) is 11.4. The molecule has 0 aliphatic carbocycles. The number of rotatable bonds is 5. The average Bonchev–Trinajstić information content (AvgIpc) is 2.02. The molecule has 82 valence electrons. The molecule has 0 saturated heterocycles. The Labute approximate surface area is 80.6 Å². The highest BCUT2D eigenvalue weighted by molar-refractivity contribution is 7.90. The van der Waals surface area contributed by atoms with Crippen LogP contribution >= 0.6 is 0 Å². The molecule has 7 heteroatoms. The van der Waals surface area contributed by atoms with E-state index in [9.17, 15) is 21.6 Å². The van der Waals surface area contributed by atoms with Crippen LogP contribution in [0.5, 0.6) is 0 Å². The summed E-state index contributed by atoms with van der Waals surface area (Å²) in [5.74, 6) is 0. The zero-order valence-corrected chi connectivity index (χ0v) is 8.11. The van der Waals surface area contributed by atoms with Gasteiger partial charge in [0.25, 0.3) is 0 Å². The summed E-state index contributed by atoms with van der Waals surface area (Å²) in [6, 6.07) is 0. The van der Waals surface area contributed by atoms with E-state index in [2.05, 4.69) is 13.2 Å². The second-order valence-electron chi connectivity index (χ2n) is 2.35. The molecule has 0 amide bonds. The predicted molar refractivity (Wildman–Crippen MR) is 46.9 cm³/mol. The van der Waals surface area contributed by atoms with Crippen molar-refractivity contribution in [1.82, 2.24) is 4.31 Å². The quantitative estimate of drug-likeness (QED) is 0.670. The van der Waals surface area contributed by atoms with Gasteiger partial charge in [0.1, 0.15) is 0 Å². The number of hydrogen-bond acceptors (Lipinski definition) is 2. The summed E-state index contributed by atoms with van der Waals surface area (Å²) in [6.45, 7) is 5.55. The van der Waals surface area contributed by atoms with Gasteiger partial charge in [0.2, 0.25) is 0 Å². The third-order valence-corrected chi connectivity index (χ3v) is 2.86. The molecule has 0 heterocycles. The highest BCUT2D eigenvalue weighted by atomic mass is 32.2. The van der Waals surface area contributed by atoms with Gasteiger partial charge in [0, 0.05) is 13.1 Å². The Hall–Kier alpha value is -0.820. The van der Waals surface area contributed by atoms with Crippen LogP contribution in [-0.4, -0.2) is 31.3 Å². The van der Waals surface area contributed by atoms with Gasteiger partial charge in [-0.15, -0.1) is 13.2 Å². The summed E-state index contributed by atoms with van der Waals surface area (Å²) < 4.78 is 58.0. The van der Waals surface area contributed by atoms with Crippen molar-refractivity contribution < 1.29 is 21.6 Å². The van der Waals surface area contributed by atoms with Crippen LogP contribution in [0.2, 0.25) is 0 Å². The molecule has 14 heavy (non-hydrogen) atoms. The first-order valence-corrected chi connectivity index (χ1v) is 4.99. The van der Waals surface area contributed by atoms with Gasteiger partial charge in [-0.3, -0.25) is 0 Å². The van der Waals surface area contributed by atoms with Crippen molar-refractivity contribution in [3.63, 3.8) is 0 Å². The Morgan fingerprint density at radius 3 is 1.71 bits per heavy atom. The summed E-state index contributed by atoms with van der Waals surface area (Å²) in [5.41, 5.74) is -5.28. The normalized spacial score (nSPS) is 12.9. The average molecular weight is 229 g/mol. The molecule has 0 aliphatic heterocycles. The van der Waals surface area contributed by atoms with E-state index in [4.69, 9.17) is 0 Å². The minimum Gasteiger partial charge on any atom is -0.203 e. The summed E-state index contributed by atoms with van der Waals surface area (Å²) in [6.07, 6.45) is 2.15. The second kappa shape index (κ2) is 4.61. The Balaban J connectivity index is 4.99. The molecule has 0 N–H and O–H groups in total. The number of nitrogens with zero attached hydrogens (tertiary/aromatic N) is 1. The maximum atomic E-state index is 12.0. The molecule has 0 aromatic rings. The molecule has 3 nitrogen and oxygen atoms in total. The van der Waals surface area contributed by atoms with Crippen molar-refractivity contribution in [2.45, 2.75) is 5.51 Å². The summed E-state index contributed by atoms with van der Waals surface area (Å²) in [7, 11) is -5.27. The third-order valence-electron chi connectivity index (χ3n) is 1.30. The molecule has 0 aliphatic rings. The van der Waals surface area contributed by atoms with Gasteiger partial charge in [-0.1, -0.05) is 12.2 Å². The molecule has 0 unspecified atom stereocenters. The van der Waals surface area contributed by atoms with Crippen molar-refractivity contribution in [3.05, 3.63) is 25.3 Å². The fourth-order valence-electron chi connectivity index (χ4n) is 0.705. The van der Waals surface area contributed by atoms with Crippen molar-refractivity contribution in [3.8, 4) is 0 Å². The Bertz CT molecular complexity index is 297. The number of alkyl halides is 3. The molecule has 0 saturated carbocycles. The maximum absolute atomic E-state index is 12.0. The van der Waals surface area contributed by atoms with Gasteiger partial charge in [-0.2, -0.15) is 17.5 Å². The molecule has 0 bridgehead atoms. The molecule has 0 aromatic heterocycles. The first-order valence-electron chi connectivity index (χ1n) is 3.55. The van der Waals surface area contributed by atoms with Crippen LogP contribution in [0.1, 0.15) is 0 Å². The number of halogens is 3. The van der Waals surface area contributed by atoms with Crippen LogP contribution in [0, 0.1) is 0 Å². The number of sulfonamides is 1. The lowest BCUT2D eigenvalue weighted by atomic mass is 10.5. The Morgan fingerprint density at radius 1 is 1.14 bits per heavy atom. The largest absolute Gasteiger partial charge is 0.511 e. The van der Waals surface area contributed by atoms with Crippen LogP contribution < -0.4 is 0 Å². The molecule has 0 fully saturated rings. The molecule has 0 radical (unpaired) electrons. The second-order valence-corrected chi connectivity index (χ2v) is 4.27. The van der Waals surface area contributed by atoms with E-state index in [-0.39, 0.29) is 4.31 Å². The highest BCUT2D eigenvalue weighted by Gasteiger charge is 2.49. The smallest absolute Gasteiger partial charge is 0.203 e. The maximum Gasteiger partial charge on any atom is 0.511 e. The standard InChI is InChI=1S/C7H10F3NO2S/c1-3-5-11(6-4-2)14(12,13)7(8,9)10/h3-4H,1-2,5-6H2. The molecular formula is C7H10F3NO2S. The van der Waals surface area contributed by atoms with Crippen molar-refractivity contribution in [1.29, 1.82) is 0 Å². The van der Waals surface area contributed by atoms with E-state index in [0.717, 1.165) is 12.2 Å². The molecule has 0 aromatic carbocycles. The van der Waals surface area contributed by atoms with E-state index < -0.39 is 28.6 Å². The zero-order valence-electron chi connectivity index (χ0n) is 7.29. The number of hydrogen-bond donors (Lipinski definition) is 0. The van der Waals surface area contributed by atoms with Crippen molar-refractivity contribution in [2.24, 2.45) is 0 Å². The monoisotopic (exact) mass is 229 g/mol. The molecule has 0 spiro atoms. The minimum absolute atomic E-state index is 0.243. The van der Waals surface area contributed by atoms with Gasteiger partial charge < -0.3 is 0 Å². The van der Waals surface area contributed by atoms with Crippen molar-refractivity contribution >= 4 is 10.0 Å². The summed E-state index contributed by atoms with van der Waals surface area (Å²) >= 11 is 0. The van der Waals surface area contributed by atoms with Crippen LogP contribution in [0.25, 0.3) is 0 Å². The van der Waals surface area contributed by atoms with E-state index in [1.807, 2.05) is 0 Å². The van der Waals surface area contributed by atoms with E-state index in [0.29, 0.717) is 0 Å². The molecular weight excluding hydrogens is 219 g/mol. The van der Waals surface area contributed by atoms with Gasteiger partial charge >= 0.3 is 15.5 Å². The lowest BCUT2D eigenvalue weighted by Crippen LogP contribution is -2.40. The van der Waals surface area contributed by atoms with Gasteiger partial charge in [-0.05, 0) is 0 Å². The lowest BCUT2D eigenvalue weighted by Gasteiger charge is -2.20. The van der Waals surface area contributed by atoms with Crippen molar-refractivity contribution in [2.75, 3.05) is 13.1 Å². The first-order chi connectivity index (χ1) is 6.27. The van der Waals surface area contributed by atoms with Gasteiger partial charge in [0.15, 0.2) is 0 Å². The molecule has 0 atom stereocenters. The fraction of sp³-hybridized carbons (Fsp3) is 0.429. The van der Waals surface area contributed by atoms with E-state index in [1.54, 1.807) is 0 Å². The van der Waals surface area contributed by atoms with E-state index in [1.165, 1.54) is 0 Å². The first kappa shape index (κ1) is 13.2. The molecule has 0 rings (SSSR count). The Kier molecular flexibility index (Phi) is 4.34. The van der Waals surface area contributed by atoms with Crippen LogP contribution in [0.15, 0.2) is 25.3 Å². The Morgan fingerprint density at radius 2 is 1.50 bits per heavy atom. The predicted octanol–water partition coefficient (Wildman–Crippen LogP) is 1.51. The SMILES string of the molecule is C=CCN(CC=C)S(=O)(=O)C(F)(F)F. The highest BCUT2D eigenvalue weighted by Crippen LogP contribution is 2.26. The topological polar surface area (TPSA) is 37.4 Å². The lowest BCUT2D eigenvalue weighted by molar-refractivity contribution is -0.0483. The summed E-state index contributed by atoms with van der Waals surface area (Å²) in [5, 5.41) is 0. The van der Waals surface area contributed by atoms with E-state index >= 15 is 0 Å². The van der Waals surface area contributed by atoms with Crippen LogP contribution in [0.3, 0.4) is 0 Å². The third kappa shape index (κ3) is 2.85.